The third-order valence-corrected chi connectivity index (χ3v) is 6.46. The zero-order chi connectivity index (χ0) is 20.2. The summed E-state index contributed by atoms with van der Waals surface area (Å²) in [5.74, 6) is 0.838. The fourth-order valence-corrected chi connectivity index (χ4v) is 4.85. The predicted octanol–water partition coefficient (Wildman–Crippen LogP) is 2.20. The van der Waals surface area contributed by atoms with E-state index in [2.05, 4.69) is 58.5 Å². The average molecular weight is 527 g/mol. The van der Waals surface area contributed by atoms with E-state index in [9.17, 15) is 5.11 Å². The second kappa shape index (κ2) is 11.1. The quantitative estimate of drug-likeness (QED) is 0.289. The molecule has 0 spiro atoms. The third-order valence-electron chi connectivity index (χ3n) is 6.46. The van der Waals surface area contributed by atoms with Crippen molar-refractivity contribution < 1.29 is 5.11 Å². The highest BCUT2D eigenvalue weighted by molar-refractivity contribution is 14.0. The number of nitrogens with zero attached hydrogens (tertiary/aromatic N) is 3. The van der Waals surface area contributed by atoms with Gasteiger partial charge in [-0.25, -0.2) is 0 Å². The molecule has 2 fully saturated rings. The van der Waals surface area contributed by atoms with Crippen molar-refractivity contribution in [1.82, 2.24) is 20.4 Å². The Labute approximate surface area is 198 Å². The van der Waals surface area contributed by atoms with Gasteiger partial charge in [0.1, 0.15) is 0 Å². The number of nitrogens with one attached hydrogen (secondary N) is 2. The van der Waals surface area contributed by atoms with E-state index in [0.717, 1.165) is 51.0 Å². The summed E-state index contributed by atoms with van der Waals surface area (Å²) in [7, 11) is 0. The van der Waals surface area contributed by atoms with Crippen molar-refractivity contribution >= 4 is 29.9 Å². The molecule has 3 unspecified atom stereocenters. The van der Waals surface area contributed by atoms with Crippen LogP contribution in [0.5, 0.6) is 0 Å². The highest BCUT2D eigenvalue weighted by Gasteiger charge is 2.38. The summed E-state index contributed by atoms with van der Waals surface area (Å²) in [5.41, 5.74) is 2.83. The first-order chi connectivity index (χ1) is 14.1. The highest BCUT2D eigenvalue weighted by Crippen LogP contribution is 2.33. The van der Waals surface area contributed by atoms with Crippen molar-refractivity contribution in [3.63, 3.8) is 0 Å². The van der Waals surface area contributed by atoms with Crippen molar-refractivity contribution in [1.29, 1.82) is 0 Å². The van der Waals surface area contributed by atoms with Gasteiger partial charge in [0.15, 0.2) is 5.96 Å². The molecule has 30 heavy (non-hydrogen) atoms. The number of aliphatic hydroxyl groups excluding tert-OH is 1. The maximum Gasteiger partial charge on any atom is 0.191 e. The zero-order valence-electron chi connectivity index (χ0n) is 18.4. The van der Waals surface area contributed by atoms with E-state index in [-0.39, 0.29) is 24.0 Å². The molecule has 4 rings (SSSR count). The fourth-order valence-electron chi connectivity index (χ4n) is 4.85. The Morgan fingerprint density at radius 3 is 2.77 bits per heavy atom. The van der Waals surface area contributed by atoms with Crippen LogP contribution in [-0.4, -0.2) is 77.8 Å². The van der Waals surface area contributed by atoms with E-state index in [1.54, 1.807) is 0 Å². The molecular formula is C23H38IN5O. The lowest BCUT2D eigenvalue weighted by Gasteiger charge is -2.30. The molecule has 3 atom stereocenters. The molecule has 3 aliphatic rings. The summed E-state index contributed by atoms with van der Waals surface area (Å²) < 4.78 is 0. The maximum atomic E-state index is 10.6. The Kier molecular flexibility index (Phi) is 8.80. The van der Waals surface area contributed by atoms with Crippen LogP contribution < -0.4 is 10.6 Å². The van der Waals surface area contributed by atoms with Crippen LogP contribution >= 0.6 is 24.0 Å². The number of benzene rings is 1. The van der Waals surface area contributed by atoms with E-state index < -0.39 is 6.10 Å². The molecule has 6 nitrogen and oxygen atoms in total. The van der Waals surface area contributed by atoms with Crippen molar-refractivity contribution in [2.24, 2.45) is 4.99 Å². The van der Waals surface area contributed by atoms with Gasteiger partial charge in [-0.05, 0) is 50.7 Å². The number of aliphatic hydroxyl groups is 1. The standard InChI is InChI=1S/C23H37N5O.HI/c1-3-24-23(26-20-12-17(2)28(15-20)21-8-9-21)25-13-22(29)16-27-11-10-18-6-4-5-7-19(18)14-27;/h4-7,17,20-22,29H,3,8-16H2,1-2H3,(H2,24,25,26);1H. The predicted molar refractivity (Wildman–Crippen MR) is 134 cm³/mol. The fraction of sp³-hybridized carbons (Fsp3) is 0.696. The minimum absolute atomic E-state index is 0. The average Bonchev–Trinajstić information content (AvgIpc) is 3.49. The summed E-state index contributed by atoms with van der Waals surface area (Å²) in [5, 5.41) is 17.5. The van der Waals surface area contributed by atoms with Gasteiger partial charge in [-0.3, -0.25) is 14.8 Å². The van der Waals surface area contributed by atoms with Crippen molar-refractivity contribution in [3.8, 4) is 0 Å². The maximum absolute atomic E-state index is 10.6. The lowest BCUT2D eigenvalue weighted by molar-refractivity contribution is 0.111. The molecule has 168 valence electrons. The monoisotopic (exact) mass is 527 g/mol. The molecule has 1 saturated heterocycles. The van der Waals surface area contributed by atoms with Gasteiger partial charge in [0, 0.05) is 50.8 Å². The zero-order valence-corrected chi connectivity index (χ0v) is 20.7. The van der Waals surface area contributed by atoms with E-state index in [0.29, 0.717) is 25.2 Å². The second-order valence-electron chi connectivity index (χ2n) is 8.98. The van der Waals surface area contributed by atoms with Gasteiger partial charge in [-0.15, -0.1) is 24.0 Å². The number of hydrogen-bond donors (Lipinski definition) is 3. The number of rotatable bonds is 7. The number of guanidine groups is 1. The molecule has 1 aromatic rings. The van der Waals surface area contributed by atoms with E-state index >= 15 is 0 Å². The van der Waals surface area contributed by atoms with Crippen molar-refractivity contribution in [2.75, 3.05) is 32.7 Å². The molecule has 0 amide bonds. The van der Waals surface area contributed by atoms with Gasteiger partial charge in [0.25, 0.3) is 0 Å². The van der Waals surface area contributed by atoms with Crippen LogP contribution in [0.2, 0.25) is 0 Å². The smallest absolute Gasteiger partial charge is 0.191 e. The molecule has 1 saturated carbocycles. The Balaban J connectivity index is 0.00000256. The number of halogens is 1. The molecule has 2 aliphatic heterocycles. The first-order valence-corrected chi connectivity index (χ1v) is 11.4. The number of likely N-dealkylation sites (tertiary alicyclic amines) is 1. The Hall–Kier alpha value is -0.900. The third kappa shape index (κ3) is 6.31. The molecule has 1 aromatic carbocycles. The first-order valence-electron chi connectivity index (χ1n) is 11.4. The molecule has 3 N–H and O–H groups in total. The van der Waals surface area contributed by atoms with Gasteiger partial charge in [0.05, 0.1) is 12.6 Å². The van der Waals surface area contributed by atoms with Crippen molar-refractivity contribution in [3.05, 3.63) is 35.4 Å². The highest BCUT2D eigenvalue weighted by atomic mass is 127. The number of β-amino-alcohol motifs (C(OH)–C–C–N with tert-alkyl or cyclic N) is 1. The van der Waals surface area contributed by atoms with Crippen LogP contribution in [0.25, 0.3) is 0 Å². The van der Waals surface area contributed by atoms with E-state index in [1.807, 2.05) is 0 Å². The first kappa shape index (κ1) is 23.8. The van der Waals surface area contributed by atoms with Gasteiger partial charge in [0.2, 0.25) is 0 Å². The van der Waals surface area contributed by atoms with Crippen molar-refractivity contribution in [2.45, 2.75) is 70.3 Å². The molecule has 7 heteroatoms. The summed E-state index contributed by atoms with van der Waals surface area (Å²) in [6, 6.07) is 10.5. The van der Waals surface area contributed by atoms with Gasteiger partial charge < -0.3 is 15.7 Å². The molecule has 1 aliphatic carbocycles. The normalized spacial score (nSPS) is 26.0. The number of hydrogen-bond acceptors (Lipinski definition) is 4. The number of fused-ring (bicyclic) bond motifs is 1. The van der Waals surface area contributed by atoms with Crippen LogP contribution in [0, 0.1) is 0 Å². The summed E-state index contributed by atoms with van der Waals surface area (Å²) in [6.45, 7) is 9.40. The topological polar surface area (TPSA) is 63.1 Å². The lowest BCUT2D eigenvalue weighted by atomic mass is 10.00. The summed E-state index contributed by atoms with van der Waals surface area (Å²) >= 11 is 0. The van der Waals surface area contributed by atoms with Gasteiger partial charge >= 0.3 is 0 Å². The van der Waals surface area contributed by atoms with Crippen LogP contribution in [0.15, 0.2) is 29.3 Å². The Morgan fingerprint density at radius 1 is 1.27 bits per heavy atom. The number of aliphatic imine (C=N–C) groups is 1. The second-order valence-corrected chi connectivity index (χ2v) is 8.98. The molecule has 0 bridgehead atoms. The van der Waals surface area contributed by atoms with Gasteiger partial charge in [-0.1, -0.05) is 24.3 Å². The Morgan fingerprint density at radius 2 is 2.03 bits per heavy atom. The van der Waals surface area contributed by atoms with Gasteiger partial charge in [-0.2, -0.15) is 0 Å². The molecular weight excluding hydrogens is 489 g/mol. The lowest BCUT2D eigenvalue weighted by Crippen LogP contribution is -2.45. The summed E-state index contributed by atoms with van der Waals surface area (Å²) in [6.07, 6.45) is 4.50. The Bertz CT molecular complexity index is 711. The van der Waals surface area contributed by atoms with Crippen LogP contribution in [0.4, 0.5) is 0 Å². The SMILES string of the molecule is CCNC(=NCC(O)CN1CCc2ccccc2C1)NC1CC(C)N(C2CC2)C1.I. The molecule has 2 heterocycles. The van der Waals surface area contributed by atoms with E-state index in [4.69, 9.17) is 4.99 Å². The van der Waals surface area contributed by atoms with Crippen LogP contribution in [-0.2, 0) is 13.0 Å². The molecule has 0 radical (unpaired) electrons. The summed E-state index contributed by atoms with van der Waals surface area (Å²) in [4.78, 5) is 9.68. The van der Waals surface area contributed by atoms with Crippen LogP contribution in [0.3, 0.4) is 0 Å². The minimum atomic E-state index is -0.443. The van der Waals surface area contributed by atoms with E-state index in [1.165, 1.54) is 24.0 Å². The largest absolute Gasteiger partial charge is 0.390 e. The molecule has 0 aromatic heterocycles. The van der Waals surface area contributed by atoms with Crippen LogP contribution in [0.1, 0.15) is 44.2 Å². The minimum Gasteiger partial charge on any atom is -0.390 e.